The van der Waals surface area contributed by atoms with Crippen LogP contribution in [0.15, 0.2) is 47.0 Å². The van der Waals surface area contributed by atoms with Crippen molar-refractivity contribution in [1.29, 1.82) is 0 Å². The number of aliphatic imine (C=N–C) groups is 1. The van der Waals surface area contributed by atoms with Crippen molar-refractivity contribution in [3.63, 3.8) is 0 Å². The summed E-state index contributed by atoms with van der Waals surface area (Å²) in [7, 11) is 0. The topological polar surface area (TPSA) is 83.3 Å². The van der Waals surface area contributed by atoms with Gasteiger partial charge in [-0.2, -0.15) is 0 Å². The zero-order valence-electron chi connectivity index (χ0n) is 16.9. The number of carbonyl (C=O) groups excluding carboxylic acids is 1. The maximum absolute atomic E-state index is 12.1. The first-order valence-corrected chi connectivity index (χ1v) is 10.8. The van der Waals surface area contributed by atoms with E-state index in [4.69, 9.17) is 0 Å². The number of aryl methyl sites for hydroxylation is 2. The number of hydrogen-bond acceptors (Lipinski definition) is 4. The van der Waals surface area contributed by atoms with Crippen LogP contribution in [0.4, 0.5) is 0 Å². The van der Waals surface area contributed by atoms with Gasteiger partial charge in [0.15, 0.2) is 5.96 Å². The van der Waals surface area contributed by atoms with Crippen LogP contribution in [0.25, 0.3) is 10.9 Å². The smallest absolute Gasteiger partial charge is 0.263 e. The Hall–Kier alpha value is -2.87. The Kier molecular flexibility index (Phi) is 7.63. The molecule has 0 aliphatic carbocycles. The van der Waals surface area contributed by atoms with E-state index < -0.39 is 0 Å². The molecule has 3 N–H and O–H groups in total. The lowest BCUT2D eigenvalue weighted by Crippen LogP contribution is -2.41. The molecule has 29 heavy (non-hydrogen) atoms. The predicted octanol–water partition coefficient (Wildman–Crippen LogP) is 2.78. The van der Waals surface area contributed by atoms with E-state index >= 15 is 0 Å². The standard InChI is InChI=1S/C21H28N6OS/c1-3-22-21(25-12-11-23-20(28)19-16(2)26-15-29-19)24-10-6-13-27-14-9-17-7-4-5-8-18(17)27/h4-5,7-9,14-15H,3,6,10-13H2,1-2H3,(H,23,28)(H2,22,24,25). The van der Waals surface area contributed by atoms with Crippen LogP contribution < -0.4 is 16.0 Å². The summed E-state index contributed by atoms with van der Waals surface area (Å²) >= 11 is 1.36. The first-order chi connectivity index (χ1) is 14.2. The molecule has 0 fully saturated rings. The highest BCUT2D eigenvalue weighted by molar-refractivity contribution is 7.11. The van der Waals surface area contributed by atoms with E-state index in [0.717, 1.165) is 37.7 Å². The summed E-state index contributed by atoms with van der Waals surface area (Å²) in [4.78, 5) is 21.5. The lowest BCUT2D eigenvalue weighted by Gasteiger charge is -2.12. The highest BCUT2D eigenvalue weighted by atomic mass is 32.1. The van der Waals surface area contributed by atoms with Crippen molar-refractivity contribution in [2.45, 2.75) is 26.8 Å². The number of benzene rings is 1. The maximum atomic E-state index is 12.1. The summed E-state index contributed by atoms with van der Waals surface area (Å²) in [6.07, 6.45) is 3.09. The predicted molar refractivity (Wildman–Crippen MR) is 120 cm³/mol. The number of nitrogens with zero attached hydrogens (tertiary/aromatic N) is 3. The van der Waals surface area contributed by atoms with Gasteiger partial charge >= 0.3 is 0 Å². The van der Waals surface area contributed by atoms with Crippen LogP contribution in [0, 0.1) is 6.92 Å². The fourth-order valence-electron chi connectivity index (χ4n) is 3.07. The number of para-hydroxylation sites is 1. The zero-order chi connectivity index (χ0) is 20.5. The Morgan fingerprint density at radius 2 is 2.00 bits per heavy atom. The van der Waals surface area contributed by atoms with Gasteiger partial charge in [-0.05, 0) is 37.8 Å². The first kappa shape index (κ1) is 20.9. The van der Waals surface area contributed by atoms with Gasteiger partial charge in [0.1, 0.15) is 4.88 Å². The molecule has 0 aliphatic rings. The number of thiazole rings is 1. The molecule has 3 rings (SSSR count). The zero-order valence-corrected chi connectivity index (χ0v) is 17.8. The molecule has 1 amide bonds. The van der Waals surface area contributed by atoms with Crippen LogP contribution in [-0.2, 0) is 6.54 Å². The molecular formula is C21H28N6OS. The third-order valence-electron chi connectivity index (χ3n) is 4.51. The lowest BCUT2D eigenvalue weighted by molar-refractivity contribution is 0.0957. The third kappa shape index (κ3) is 5.80. The molecule has 0 unspecified atom stereocenters. The number of hydrogen-bond donors (Lipinski definition) is 3. The Morgan fingerprint density at radius 3 is 2.79 bits per heavy atom. The SMILES string of the molecule is CCNC(=NCCCn1ccc2ccccc21)NCCNC(=O)c1scnc1C. The quantitative estimate of drug-likeness (QED) is 0.287. The van der Waals surface area contributed by atoms with Gasteiger partial charge in [0, 0.05) is 44.4 Å². The molecule has 0 aliphatic heterocycles. The Bertz CT molecular complexity index is 961. The van der Waals surface area contributed by atoms with E-state index in [1.54, 1.807) is 5.51 Å². The Morgan fingerprint density at radius 1 is 1.17 bits per heavy atom. The Labute approximate surface area is 175 Å². The van der Waals surface area contributed by atoms with E-state index in [-0.39, 0.29) is 5.91 Å². The molecule has 154 valence electrons. The average Bonchev–Trinajstić information content (AvgIpc) is 3.34. The van der Waals surface area contributed by atoms with Crippen molar-refractivity contribution >= 4 is 34.1 Å². The molecule has 0 saturated heterocycles. The van der Waals surface area contributed by atoms with E-state index in [2.05, 4.69) is 67.0 Å². The van der Waals surface area contributed by atoms with Gasteiger partial charge in [-0.15, -0.1) is 11.3 Å². The second-order valence-electron chi connectivity index (χ2n) is 6.63. The van der Waals surface area contributed by atoms with Gasteiger partial charge in [-0.1, -0.05) is 18.2 Å². The molecule has 8 heteroatoms. The van der Waals surface area contributed by atoms with Gasteiger partial charge in [-0.3, -0.25) is 9.79 Å². The number of amides is 1. The summed E-state index contributed by atoms with van der Waals surface area (Å²) < 4.78 is 2.27. The minimum absolute atomic E-state index is 0.0762. The third-order valence-corrected chi connectivity index (χ3v) is 5.43. The second-order valence-corrected chi connectivity index (χ2v) is 7.49. The molecular weight excluding hydrogens is 384 g/mol. The van der Waals surface area contributed by atoms with E-state index in [0.29, 0.717) is 18.0 Å². The van der Waals surface area contributed by atoms with Gasteiger partial charge in [-0.25, -0.2) is 4.98 Å². The van der Waals surface area contributed by atoms with Crippen molar-refractivity contribution in [3.05, 3.63) is 52.6 Å². The fourth-order valence-corrected chi connectivity index (χ4v) is 3.78. The van der Waals surface area contributed by atoms with Crippen molar-refractivity contribution in [2.24, 2.45) is 4.99 Å². The molecule has 0 bridgehead atoms. The maximum Gasteiger partial charge on any atom is 0.263 e. The van der Waals surface area contributed by atoms with Crippen LogP contribution in [-0.4, -0.2) is 47.6 Å². The lowest BCUT2D eigenvalue weighted by atomic mass is 10.2. The highest BCUT2D eigenvalue weighted by Gasteiger charge is 2.10. The van der Waals surface area contributed by atoms with Crippen LogP contribution in [0.3, 0.4) is 0 Å². The molecule has 0 saturated carbocycles. The molecule has 0 radical (unpaired) electrons. The summed E-state index contributed by atoms with van der Waals surface area (Å²) in [5.41, 5.74) is 3.72. The number of aromatic nitrogens is 2. The number of fused-ring (bicyclic) bond motifs is 1. The van der Waals surface area contributed by atoms with Gasteiger partial charge in [0.05, 0.1) is 11.2 Å². The van der Waals surface area contributed by atoms with Gasteiger partial charge in [0.25, 0.3) is 5.91 Å². The summed E-state index contributed by atoms with van der Waals surface area (Å²) in [5.74, 6) is 0.695. The fraction of sp³-hybridized carbons (Fsp3) is 0.381. The van der Waals surface area contributed by atoms with Crippen molar-refractivity contribution in [2.75, 3.05) is 26.2 Å². The van der Waals surface area contributed by atoms with Crippen molar-refractivity contribution < 1.29 is 4.79 Å². The number of carbonyl (C=O) groups is 1. The average molecular weight is 413 g/mol. The van der Waals surface area contributed by atoms with Crippen LogP contribution in [0.2, 0.25) is 0 Å². The molecule has 7 nitrogen and oxygen atoms in total. The minimum atomic E-state index is -0.0762. The monoisotopic (exact) mass is 412 g/mol. The molecule has 0 atom stereocenters. The normalized spacial score (nSPS) is 11.6. The molecule has 0 spiro atoms. The van der Waals surface area contributed by atoms with Crippen molar-refractivity contribution in [3.8, 4) is 0 Å². The van der Waals surface area contributed by atoms with E-state index in [9.17, 15) is 4.79 Å². The minimum Gasteiger partial charge on any atom is -0.357 e. The summed E-state index contributed by atoms with van der Waals surface area (Å²) in [5, 5.41) is 10.7. The summed E-state index contributed by atoms with van der Waals surface area (Å²) in [6, 6.07) is 10.6. The number of guanidine groups is 1. The van der Waals surface area contributed by atoms with Gasteiger partial charge in [0.2, 0.25) is 0 Å². The molecule has 1 aromatic carbocycles. The number of rotatable bonds is 9. The molecule has 3 aromatic rings. The van der Waals surface area contributed by atoms with Crippen LogP contribution in [0.1, 0.15) is 28.7 Å². The van der Waals surface area contributed by atoms with E-state index in [1.165, 1.54) is 22.2 Å². The highest BCUT2D eigenvalue weighted by Crippen LogP contribution is 2.15. The number of nitrogens with one attached hydrogen (secondary N) is 3. The summed E-state index contributed by atoms with van der Waals surface area (Å²) in [6.45, 7) is 7.47. The second kappa shape index (κ2) is 10.6. The van der Waals surface area contributed by atoms with Crippen LogP contribution >= 0.6 is 11.3 Å². The Balaban J connectivity index is 1.41. The molecule has 2 aromatic heterocycles. The molecule has 2 heterocycles. The first-order valence-electron chi connectivity index (χ1n) is 9.93. The van der Waals surface area contributed by atoms with E-state index in [1.807, 2.05) is 13.8 Å². The van der Waals surface area contributed by atoms with Gasteiger partial charge < -0.3 is 20.5 Å². The van der Waals surface area contributed by atoms with Crippen molar-refractivity contribution in [1.82, 2.24) is 25.5 Å². The van der Waals surface area contributed by atoms with Crippen LogP contribution in [0.5, 0.6) is 0 Å². The largest absolute Gasteiger partial charge is 0.357 e.